The minimum Gasteiger partial charge on any atom is -0.334 e. The summed E-state index contributed by atoms with van der Waals surface area (Å²) in [5.41, 5.74) is 0. The Morgan fingerprint density at radius 3 is 2.21 bits per heavy atom. The molecule has 5 rings (SSSR count). The highest BCUT2D eigenvalue weighted by atomic mass is 32.2. The van der Waals surface area contributed by atoms with E-state index in [1.807, 2.05) is 36.4 Å². The number of nitrogens with zero attached hydrogens (tertiary/aromatic N) is 2. The number of hydrogen-bond donors (Lipinski definition) is 0. The average Bonchev–Trinajstić information content (AvgIpc) is 3.02. The number of benzene rings is 2. The van der Waals surface area contributed by atoms with Crippen molar-refractivity contribution in [2.75, 3.05) is 13.1 Å². The number of hydrogen-bond acceptors (Lipinski definition) is 3. The number of carbonyl (C=O) groups is 1. The topological polar surface area (TPSA) is 57.7 Å². The minimum absolute atomic E-state index is 0.0212. The number of carbonyl (C=O) groups excluding carboxylic acids is 1. The molecule has 2 bridgehead atoms. The summed E-state index contributed by atoms with van der Waals surface area (Å²) in [6, 6.07) is 13.1. The molecule has 2 aromatic carbocycles. The summed E-state index contributed by atoms with van der Waals surface area (Å²) in [6.45, 7) is 0.834. The van der Waals surface area contributed by atoms with Crippen LogP contribution in [0.2, 0.25) is 0 Å². The zero-order valence-electron chi connectivity index (χ0n) is 16.7. The summed E-state index contributed by atoms with van der Waals surface area (Å²) in [5.74, 6) is 0.424. The van der Waals surface area contributed by atoms with E-state index in [0.717, 1.165) is 49.3 Å². The molecular weight excluding hydrogens is 384 g/mol. The molecule has 3 fully saturated rings. The Morgan fingerprint density at radius 1 is 0.828 bits per heavy atom. The molecule has 0 spiro atoms. The molecule has 154 valence electrons. The maximum absolute atomic E-state index is 13.5. The first-order valence-electron chi connectivity index (χ1n) is 10.9. The molecule has 3 aliphatic rings. The molecule has 1 aliphatic carbocycles. The van der Waals surface area contributed by atoms with E-state index >= 15 is 0 Å². The second kappa shape index (κ2) is 7.40. The molecule has 2 aliphatic heterocycles. The van der Waals surface area contributed by atoms with Crippen molar-refractivity contribution < 1.29 is 13.2 Å². The summed E-state index contributed by atoms with van der Waals surface area (Å²) in [4.78, 5) is 15.6. The normalized spacial score (nSPS) is 26.1. The van der Waals surface area contributed by atoms with Gasteiger partial charge in [0.15, 0.2) is 0 Å². The molecule has 0 unspecified atom stereocenters. The highest BCUT2D eigenvalue weighted by Crippen LogP contribution is 2.37. The Morgan fingerprint density at radius 2 is 1.48 bits per heavy atom. The molecular formula is C23H28N2O3S. The zero-order valence-corrected chi connectivity index (χ0v) is 17.5. The van der Waals surface area contributed by atoms with Gasteiger partial charge in [0.2, 0.25) is 15.9 Å². The van der Waals surface area contributed by atoms with Crippen LogP contribution in [0.5, 0.6) is 0 Å². The van der Waals surface area contributed by atoms with E-state index in [9.17, 15) is 13.2 Å². The van der Waals surface area contributed by atoms with Crippen LogP contribution in [0.3, 0.4) is 0 Å². The Hall–Kier alpha value is -1.92. The molecule has 2 atom stereocenters. The molecule has 1 saturated carbocycles. The van der Waals surface area contributed by atoms with Crippen LogP contribution in [-0.4, -0.2) is 48.7 Å². The van der Waals surface area contributed by atoms with Crippen molar-refractivity contribution in [1.29, 1.82) is 0 Å². The second-order valence-electron chi connectivity index (χ2n) is 8.76. The van der Waals surface area contributed by atoms with Crippen LogP contribution in [-0.2, 0) is 14.8 Å². The fraction of sp³-hybridized carbons (Fsp3) is 0.522. The van der Waals surface area contributed by atoms with E-state index in [1.165, 1.54) is 6.42 Å². The van der Waals surface area contributed by atoms with Crippen LogP contribution in [0.15, 0.2) is 47.4 Å². The van der Waals surface area contributed by atoms with Crippen molar-refractivity contribution in [3.05, 3.63) is 42.5 Å². The third-order valence-electron chi connectivity index (χ3n) is 7.03. The van der Waals surface area contributed by atoms with Gasteiger partial charge in [0.25, 0.3) is 0 Å². The first-order chi connectivity index (χ1) is 14.1. The van der Waals surface area contributed by atoms with Crippen LogP contribution in [0.4, 0.5) is 0 Å². The third-order valence-corrected chi connectivity index (χ3v) is 8.91. The lowest BCUT2D eigenvalue weighted by Crippen LogP contribution is -2.58. The molecule has 0 radical (unpaired) electrons. The molecule has 2 aromatic rings. The molecule has 0 aromatic heterocycles. The number of fused-ring (bicyclic) bond motifs is 3. The van der Waals surface area contributed by atoms with Gasteiger partial charge in [-0.3, -0.25) is 4.79 Å². The third kappa shape index (κ3) is 3.26. The first-order valence-corrected chi connectivity index (χ1v) is 12.3. The van der Waals surface area contributed by atoms with Crippen LogP contribution < -0.4 is 0 Å². The number of piperazine rings is 1. The highest BCUT2D eigenvalue weighted by Gasteiger charge is 2.47. The SMILES string of the molecule is O=C(C1CCCCC1)N1[C@@H]2CC[C@H]1CN(S(=O)(=O)c1cccc3ccccc13)C2. The quantitative estimate of drug-likeness (QED) is 0.771. The van der Waals surface area contributed by atoms with Gasteiger partial charge in [-0.25, -0.2) is 8.42 Å². The van der Waals surface area contributed by atoms with Gasteiger partial charge in [-0.15, -0.1) is 0 Å². The smallest absolute Gasteiger partial charge is 0.243 e. The van der Waals surface area contributed by atoms with Crippen molar-refractivity contribution >= 4 is 26.7 Å². The molecule has 5 nitrogen and oxygen atoms in total. The summed E-state index contributed by atoms with van der Waals surface area (Å²) < 4.78 is 28.7. The van der Waals surface area contributed by atoms with Gasteiger partial charge in [0.05, 0.1) is 4.90 Å². The van der Waals surface area contributed by atoms with Crippen molar-refractivity contribution in [1.82, 2.24) is 9.21 Å². The lowest BCUT2D eigenvalue weighted by molar-refractivity contribution is -0.141. The molecule has 0 N–H and O–H groups in total. The fourth-order valence-electron chi connectivity index (χ4n) is 5.54. The largest absolute Gasteiger partial charge is 0.334 e. The highest BCUT2D eigenvalue weighted by molar-refractivity contribution is 7.89. The lowest BCUT2D eigenvalue weighted by atomic mass is 9.87. The van der Waals surface area contributed by atoms with E-state index in [4.69, 9.17) is 0 Å². The number of sulfonamides is 1. The van der Waals surface area contributed by atoms with Gasteiger partial charge in [-0.05, 0) is 37.1 Å². The summed E-state index contributed by atoms with van der Waals surface area (Å²) in [6.07, 6.45) is 7.31. The minimum atomic E-state index is -3.59. The molecule has 2 saturated heterocycles. The number of rotatable bonds is 3. The van der Waals surface area contributed by atoms with Gasteiger partial charge in [0.1, 0.15) is 0 Å². The standard InChI is InChI=1S/C23H28N2O3S/c26-23(18-8-2-1-3-9-18)25-19-13-14-20(25)16-24(15-19)29(27,28)22-12-6-10-17-7-4-5-11-21(17)22/h4-7,10-12,18-20H,1-3,8-9,13-16H2/t19-,20+. The van der Waals surface area contributed by atoms with Crippen LogP contribution in [0.1, 0.15) is 44.9 Å². The van der Waals surface area contributed by atoms with Crippen LogP contribution in [0, 0.1) is 5.92 Å². The van der Waals surface area contributed by atoms with Crippen molar-refractivity contribution in [3.8, 4) is 0 Å². The van der Waals surface area contributed by atoms with E-state index in [2.05, 4.69) is 4.90 Å². The Bertz CT molecular complexity index is 1010. The second-order valence-corrected chi connectivity index (χ2v) is 10.7. The van der Waals surface area contributed by atoms with E-state index < -0.39 is 10.0 Å². The molecule has 2 heterocycles. The fourth-order valence-corrected chi connectivity index (χ4v) is 7.27. The van der Waals surface area contributed by atoms with Crippen molar-refractivity contribution in [2.24, 2.45) is 5.92 Å². The van der Waals surface area contributed by atoms with Gasteiger partial charge in [-0.2, -0.15) is 4.31 Å². The van der Waals surface area contributed by atoms with Gasteiger partial charge < -0.3 is 4.90 Å². The first kappa shape index (κ1) is 19.1. The molecule has 1 amide bonds. The van der Waals surface area contributed by atoms with Gasteiger partial charge in [0, 0.05) is 36.5 Å². The monoisotopic (exact) mass is 412 g/mol. The van der Waals surface area contributed by atoms with Gasteiger partial charge in [-0.1, -0.05) is 55.7 Å². The summed E-state index contributed by atoms with van der Waals surface area (Å²) >= 11 is 0. The maximum atomic E-state index is 13.5. The molecule has 29 heavy (non-hydrogen) atoms. The van der Waals surface area contributed by atoms with E-state index in [0.29, 0.717) is 18.0 Å². The van der Waals surface area contributed by atoms with Crippen LogP contribution >= 0.6 is 0 Å². The van der Waals surface area contributed by atoms with E-state index in [1.54, 1.807) is 10.4 Å². The van der Waals surface area contributed by atoms with E-state index in [-0.39, 0.29) is 23.9 Å². The predicted octanol–water partition coefficient (Wildman–Crippen LogP) is 3.78. The Labute approximate surface area is 172 Å². The van der Waals surface area contributed by atoms with Crippen LogP contribution in [0.25, 0.3) is 10.8 Å². The van der Waals surface area contributed by atoms with Crippen molar-refractivity contribution in [2.45, 2.75) is 61.9 Å². The summed E-state index contributed by atoms with van der Waals surface area (Å²) in [7, 11) is -3.59. The Balaban J connectivity index is 1.41. The number of amides is 1. The Kier molecular flexibility index (Phi) is 4.87. The van der Waals surface area contributed by atoms with Crippen molar-refractivity contribution in [3.63, 3.8) is 0 Å². The molecule has 6 heteroatoms. The predicted molar refractivity (Wildman–Crippen MR) is 113 cm³/mol. The zero-order chi connectivity index (χ0) is 20.0. The maximum Gasteiger partial charge on any atom is 0.243 e. The van der Waals surface area contributed by atoms with Gasteiger partial charge >= 0.3 is 0 Å². The lowest BCUT2D eigenvalue weighted by Gasteiger charge is -2.42. The average molecular weight is 413 g/mol. The summed E-state index contributed by atoms with van der Waals surface area (Å²) in [5, 5.41) is 1.70.